The molecule has 0 unspecified atom stereocenters. The number of benzene rings is 1. The molecule has 0 aliphatic heterocycles. The zero-order valence-electron chi connectivity index (χ0n) is 11.4. The van der Waals surface area contributed by atoms with Gasteiger partial charge in [-0.2, -0.15) is 11.3 Å². The van der Waals surface area contributed by atoms with Crippen molar-refractivity contribution < 1.29 is 14.4 Å². The number of hydrogen-bond acceptors (Lipinski definition) is 5. The minimum absolute atomic E-state index is 0.220. The highest BCUT2D eigenvalue weighted by molar-refractivity contribution is 7.08. The van der Waals surface area contributed by atoms with Crippen molar-refractivity contribution in [2.45, 2.75) is 0 Å². The van der Waals surface area contributed by atoms with Crippen molar-refractivity contribution in [3.8, 4) is 5.75 Å². The monoisotopic (exact) mass is 305 g/mol. The summed E-state index contributed by atoms with van der Waals surface area (Å²) in [5.74, 6) is 0.573. The number of thiophene rings is 1. The Morgan fingerprint density at radius 2 is 2.29 bits per heavy atom. The van der Waals surface area contributed by atoms with E-state index in [1.807, 2.05) is 16.8 Å². The number of ether oxygens (including phenoxy) is 1. The van der Waals surface area contributed by atoms with Crippen molar-refractivity contribution >= 4 is 28.8 Å². The molecule has 21 heavy (non-hydrogen) atoms. The Morgan fingerprint density at radius 3 is 3.00 bits per heavy atom. The van der Waals surface area contributed by atoms with Crippen molar-refractivity contribution in [2.24, 2.45) is 10.9 Å². The van der Waals surface area contributed by atoms with E-state index in [0.29, 0.717) is 11.4 Å². The van der Waals surface area contributed by atoms with E-state index in [-0.39, 0.29) is 18.3 Å². The van der Waals surface area contributed by atoms with Gasteiger partial charge in [-0.3, -0.25) is 4.79 Å². The minimum atomic E-state index is -0.329. The highest BCUT2D eigenvalue weighted by atomic mass is 32.1. The Labute approximate surface area is 126 Å². The zero-order valence-corrected chi connectivity index (χ0v) is 12.2. The fraction of sp³-hybridized carbons (Fsp3) is 0.143. The number of amidine groups is 1. The molecular formula is C14H15N3O3S. The Hall–Kier alpha value is -2.54. The van der Waals surface area contributed by atoms with Crippen LogP contribution in [0.25, 0.3) is 0 Å². The molecule has 1 aromatic carbocycles. The van der Waals surface area contributed by atoms with E-state index in [0.717, 1.165) is 5.56 Å². The molecule has 6 nitrogen and oxygen atoms in total. The summed E-state index contributed by atoms with van der Waals surface area (Å²) in [7, 11) is 1.56. The van der Waals surface area contributed by atoms with E-state index < -0.39 is 0 Å². The number of nitrogens with zero attached hydrogens (tertiary/aromatic N) is 1. The molecule has 0 bridgehead atoms. The third kappa shape index (κ3) is 4.50. The molecule has 0 atom stereocenters. The highest BCUT2D eigenvalue weighted by Crippen LogP contribution is 2.16. The van der Waals surface area contributed by atoms with Gasteiger partial charge in [0.1, 0.15) is 5.75 Å². The summed E-state index contributed by atoms with van der Waals surface area (Å²) in [5, 5.41) is 10.1. The van der Waals surface area contributed by atoms with Crippen LogP contribution in [0, 0.1) is 0 Å². The summed E-state index contributed by atoms with van der Waals surface area (Å²) in [4.78, 5) is 16.6. The Bertz CT molecular complexity index is 626. The van der Waals surface area contributed by atoms with Crippen LogP contribution in [0.15, 0.2) is 46.2 Å². The highest BCUT2D eigenvalue weighted by Gasteiger charge is 2.04. The van der Waals surface area contributed by atoms with Gasteiger partial charge in [0.15, 0.2) is 12.4 Å². The lowest BCUT2D eigenvalue weighted by atomic mass is 10.3. The number of nitrogens with one attached hydrogen (secondary N) is 1. The van der Waals surface area contributed by atoms with Crippen molar-refractivity contribution in [1.82, 2.24) is 0 Å². The molecule has 7 heteroatoms. The van der Waals surface area contributed by atoms with Crippen LogP contribution >= 0.6 is 11.3 Å². The molecule has 1 heterocycles. The molecule has 0 saturated heterocycles. The summed E-state index contributed by atoms with van der Waals surface area (Å²) < 4.78 is 5.07. The van der Waals surface area contributed by atoms with Crippen LogP contribution in [0.5, 0.6) is 5.75 Å². The van der Waals surface area contributed by atoms with E-state index in [9.17, 15) is 4.79 Å². The topological polar surface area (TPSA) is 85.9 Å². The normalized spacial score (nSPS) is 11.0. The first-order valence-corrected chi connectivity index (χ1v) is 7.05. The van der Waals surface area contributed by atoms with E-state index >= 15 is 0 Å². The Balaban J connectivity index is 1.83. The van der Waals surface area contributed by atoms with Gasteiger partial charge >= 0.3 is 0 Å². The standard InChI is InChI=1S/C14H15N3O3S/c1-19-12-4-2-3-11(7-12)16-13(18)8-20-17-14(15)10-5-6-21-9-10/h2-7,9H,8H2,1H3,(H2,15,17)(H,16,18). The fourth-order valence-electron chi connectivity index (χ4n) is 1.52. The number of nitrogens with two attached hydrogens (primary N) is 1. The molecule has 0 spiro atoms. The number of carbonyl (C=O) groups excluding carboxylic acids is 1. The van der Waals surface area contributed by atoms with Crippen LogP contribution in [0.1, 0.15) is 5.56 Å². The van der Waals surface area contributed by atoms with Crippen molar-refractivity contribution in [1.29, 1.82) is 0 Å². The molecule has 2 rings (SSSR count). The maximum atomic E-state index is 11.7. The van der Waals surface area contributed by atoms with Gasteiger partial charge in [0.05, 0.1) is 7.11 Å². The first kappa shape index (κ1) is 14.9. The van der Waals surface area contributed by atoms with Crippen LogP contribution in [0.3, 0.4) is 0 Å². The van der Waals surface area contributed by atoms with Crippen molar-refractivity contribution in [3.05, 3.63) is 46.7 Å². The zero-order chi connectivity index (χ0) is 15.1. The quantitative estimate of drug-likeness (QED) is 0.486. The van der Waals surface area contributed by atoms with Crippen LogP contribution in [0.4, 0.5) is 5.69 Å². The molecule has 0 aliphatic rings. The second kappa shape index (κ2) is 7.30. The molecule has 1 amide bonds. The van der Waals surface area contributed by atoms with Crippen LogP contribution in [-0.2, 0) is 9.63 Å². The van der Waals surface area contributed by atoms with Crippen LogP contribution < -0.4 is 15.8 Å². The predicted octanol–water partition coefficient (Wildman–Crippen LogP) is 2.03. The summed E-state index contributed by atoms with van der Waals surface area (Å²) in [6, 6.07) is 8.85. The van der Waals surface area contributed by atoms with E-state index in [1.165, 1.54) is 11.3 Å². The molecule has 0 saturated carbocycles. The number of methoxy groups -OCH3 is 1. The van der Waals surface area contributed by atoms with Gasteiger partial charge in [-0.05, 0) is 23.6 Å². The first-order chi connectivity index (χ1) is 10.2. The predicted molar refractivity (Wildman–Crippen MR) is 82.6 cm³/mol. The average Bonchev–Trinajstić information content (AvgIpc) is 3.01. The lowest BCUT2D eigenvalue weighted by Crippen LogP contribution is -2.19. The Morgan fingerprint density at radius 1 is 1.43 bits per heavy atom. The summed E-state index contributed by atoms with van der Waals surface area (Å²) in [6.07, 6.45) is 0. The van der Waals surface area contributed by atoms with E-state index in [4.69, 9.17) is 15.3 Å². The SMILES string of the molecule is COc1cccc(NC(=O)CO/N=C(/N)c2ccsc2)c1. The average molecular weight is 305 g/mol. The molecule has 3 N–H and O–H groups in total. The number of hydrogen-bond donors (Lipinski definition) is 2. The largest absolute Gasteiger partial charge is 0.497 e. The Kier molecular flexibility index (Phi) is 5.16. The van der Waals surface area contributed by atoms with E-state index in [2.05, 4.69) is 10.5 Å². The number of anilines is 1. The molecule has 0 aliphatic carbocycles. The summed E-state index contributed by atoms with van der Waals surface area (Å²) in [5.41, 5.74) is 7.09. The summed E-state index contributed by atoms with van der Waals surface area (Å²) in [6.45, 7) is -0.220. The van der Waals surface area contributed by atoms with E-state index in [1.54, 1.807) is 31.4 Å². The number of rotatable bonds is 6. The molecule has 1 aromatic heterocycles. The third-order valence-corrected chi connectivity index (χ3v) is 3.21. The lowest BCUT2D eigenvalue weighted by molar-refractivity contribution is -0.120. The van der Waals surface area contributed by atoms with Gasteiger partial charge in [0.2, 0.25) is 0 Å². The molecule has 0 fully saturated rings. The second-order valence-electron chi connectivity index (χ2n) is 4.04. The van der Waals surface area contributed by atoms with Gasteiger partial charge in [0.25, 0.3) is 5.91 Å². The maximum absolute atomic E-state index is 11.7. The van der Waals surface area contributed by atoms with Gasteiger partial charge < -0.3 is 20.6 Å². The molecule has 0 radical (unpaired) electrons. The van der Waals surface area contributed by atoms with Crippen LogP contribution in [0.2, 0.25) is 0 Å². The third-order valence-electron chi connectivity index (χ3n) is 2.53. The molecule has 2 aromatic rings. The van der Waals surface area contributed by atoms with Gasteiger partial charge in [-0.1, -0.05) is 11.2 Å². The number of carbonyl (C=O) groups is 1. The minimum Gasteiger partial charge on any atom is -0.497 e. The van der Waals surface area contributed by atoms with Crippen LogP contribution in [-0.4, -0.2) is 25.5 Å². The smallest absolute Gasteiger partial charge is 0.265 e. The van der Waals surface area contributed by atoms with Crippen molar-refractivity contribution in [2.75, 3.05) is 19.0 Å². The number of oxime groups is 1. The first-order valence-electron chi connectivity index (χ1n) is 6.11. The van der Waals surface area contributed by atoms with Gasteiger partial charge in [0, 0.05) is 22.7 Å². The summed E-state index contributed by atoms with van der Waals surface area (Å²) >= 11 is 1.51. The van der Waals surface area contributed by atoms with Gasteiger partial charge in [-0.15, -0.1) is 0 Å². The van der Waals surface area contributed by atoms with Crippen molar-refractivity contribution in [3.63, 3.8) is 0 Å². The fourth-order valence-corrected chi connectivity index (χ4v) is 2.17. The molecule has 110 valence electrons. The second-order valence-corrected chi connectivity index (χ2v) is 4.82. The lowest BCUT2D eigenvalue weighted by Gasteiger charge is -2.06. The maximum Gasteiger partial charge on any atom is 0.265 e. The van der Waals surface area contributed by atoms with Gasteiger partial charge in [-0.25, -0.2) is 0 Å². The number of amides is 1. The molecular weight excluding hydrogens is 290 g/mol.